The van der Waals surface area contributed by atoms with Gasteiger partial charge in [0.15, 0.2) is 0 Å². The average molecular weight is 423 g/mol. The molecule has 0 heterocycles. The Bertz CT molecular complexity index is 855. The smallest absolute Gasteiger partial charge is 0.124 e. The van der Waals surface area contributed by atoms with Gasteiger partial charge in [-0.2, -0.15) is 0 Å². The Morgan fingerprint density at radius 2 is 1.59 bits per heavy atom. The summed E-state index contributed by atoms with van der Waals surface area (Å²) in [5.74, 6) is 0.853. The van der Waals surface area contributed by atoms with E-state index in [-0.39, 0.29) is 18.4 Å². The van der Waals surface area contributed by atoms with E-state index in [2.05, 4.69) is 42.6 Å². The number of hydrogen-bond donors (Lipinski definition) is 1. The van der Waals surface area contributed by atoms with E-state index in [4.69, 9.17) is 27.9 Å². The van der Waals surface area contributed by atoms with Crippen LogP contribution in [-0.2, 0) is 13.2 Å². The Morgan fingerprint density at radius 3 is 2.33 bits per heavy atom. The summed E-state index contributed by atoms with van der Waals surface area (Å²) in [4.78, 5) is 0. The van der Waals surface area contributed by atoms with Gasteiger partial charge in [-0.3, -0.25) is 0 Å². The van der Waals surface area contributed by atoms with E-state index in [1.165, 1.54) is 5.56 Å². The number of ether oxygens (including phenoxy) is 1. The van der Waals surface area contributed by atoms with E-state index in [1.54, 1.807) is 6.07 Å². The van der Waals surface area contributed by atoms with Crippen LogP contribution in [-0.4, -0.2) is 0 Å². The first-order valence-corrected chi connectivity index (χ1v) is 9.32. The van der Waals surface area contributed by atoms with Crippen molar-refractivity contribution in [2.45, 2.75) is 26.1 Å². The van der Waals surface area contributed by atoms with Crippen molar-refractivity contribution in [1.29, 1.82) is 0 Å². The van der Waals surface area contributed by atoms with Gasteiger partial charge in [-0.1, -0.05) is 77.8 Å². The first-order chi connectivity index (χ1) is 12.6. The summed E-state index contributed by atoms with van der Waals surface area (Å²) in [5, 5.41) is 4.79. The Balaban J connectivity index is 0.00000261. The van der Waals surface area contributed by atoms with Crippen LogP contribution in [0.5, 0.6) is 5.75 Å². The Labute approximate surface area is 176 Å². The maximum atomic E-state index is 6.23. The summed E-state index contributed by atoms with van der Waals surface area (Å²) < 4.78 is 6.01. The highest BCUT2D eigenvalue weighted by Crippen LogP contribution is 2.25. The highest BCUT2D eigenvalue weighted by molar-refractivity contribution is 6.35. The molecule has 142 valence electrons. The predicted octanol–water partition coefficient (Wildman–Crippen LogP) is 6.85. The lowest BCUT2D eigenvalue weighted by Gasteiger charge is -2.17. The zero-order valence-corrected chi connectivity index (χ0v) is 17.3. The molecule has 0 saturated heterocycles. The largest absolute Gasteiger partial charge is 0.489 e. The van der Waals surface area contributed by atoms with Crippen LogP contribution in [0.1, 0.15) is 29.7 Å². The summed E-state index contributed by atoms with van der Waals surface area (Å²) in [6.07, 6.45) is 0. The molecular formula is C22H22Cl3NO. The second-order valence-corrected chi connectivity index (χ2v) is 6.99. The SMILES string of the molecule is CC(NCc1ccccc1OCc1ccc(Cl)cc1Cl)c1ccccc1.Cl. The van der Waals surface area contributed by atoms with Crippen LogP contribution < -0.4 is 10.1 Å². The molecule has 1 N–H and O–H groups in total. The molecule has 0 amide bonds. The average Bonchev–Trinajstić information content (AvgIpc) is 2.67. The van der Waals surface area contributed by atoms with Crippen molar-refractivity contribution in [3.8, 4) is 5.75 Å². The molecule has 3 aromatic rings. The van der Waals surface area contributed by atoms with Gasteiger partial charge >= 0.3 is 0 Å². The molecule has 0 saturated carbocycles. The standard InChI is InChI=1S/C22H21Cl2NO.ClH/c1-16(17-7-3-2-4-8-17)25-14-18-9-5-6-10-22(18)26-15-19-11-12-20(23)13-21(19)24;/h2-13,16,25H,14-15H2,1H3;1H. The van der Waals surface area contributed by atoms with Gasteiger partial charge in [0.1, 0.15) is 12.4 Å². The number of halogens is 3. The molecule has 0 aromatic heterocycles. The molecule has 5 heteroatoms. The van der Waals surface area contributed by atoms with Crippen molar-refractivity contribution in [3.63, 3.8) is 0 Å². The molecule has 2 nitrogen and oxygen atoms in total. The lowest BCUT2D eigenvalue weighted by Crippen LogP contribution is -2.18. The minimum absolute atomic E-state index is 0. The molecule has 0 aliphatic rings. The van der Waals surface area contributed by atoms with E-state index < -0.39 is 0 Å². The van der Waals surface area contributed by atoms with Crippen molar-refractivity contribution >= 4 is 35.6 Å². The lowest BCUT2D eigenvalue weighted by molar-refractivity contribution is 0.302. The molecule has 0 spiro atoms. The van der Waals surface area contributed by atoms with Crippen LogP contribution >= 0.6 is 35.6 Å². The summed E-state index contributed by atoms with van der Waals surface area (Å²) in [7, 11) is 0. The Hall–Kier alpha value is -1.71. The third-order valence-corrected chi connectivity index (χ3v) is 4.86. The first-order valence-electron chi connectivity index (χ1n) is 8.56. The summed E-state index contributed by atoms with van der Waals surface area (Å²) in [6.45, 7) is 3.29. The van der Waals surface area contributed by atoms with Crippen molar-refractivity contribution in [2.75, 3.05) is 0 Å². The van der Waals surface area contributed by atoms with Gasteiger partial charge in [0, 0.05) is 33.8 Å². The van der Waals surface area contributed by atoms with Crippen LogP contribution in [0.2, 0.25) is 10.0 Å². The second kappa shape index (κ2) is 10.6. The molecule has 1 unspecified atom stereocenters. The van der Waals surface area contributed by atoms with Crippen LogP contribution in [0.25, 0.3) is 0 Å². The van der Waals surface area contributed by atoms with Gasteiger partial charge in [0.2, 0.25) is 0 Å². The molecule has 3 aromatic carbocycles. The maximum Gasteiger partial charge on any atom is 0.124 e. The zero-order chi connectivity index (χ0) is 18.4. The third kappa shape index (κ3) is 6.15. The molecule has 0 aliphatic carbocycles. The topological polar surface area (TPSA) is 21.3 Å². The Kier molecular flexibility index (Phi) is 8.46. The number of hydrogen-bond acceptors (Lipinski definition) is 2. The molecule has 1 atom stereocenters. The van der Waals surface area contributed by atoms with Crippen molar-refractivity contribution in [1.82, 2.24) is 5.32 Å². The number of nitrogens with one attached hydrogen (secondary N) is 1. The summed E-state index contributed by atoms with van der Waals surface area (Å²) >= 11 is 12.2. The highest BCUT2D eigenvalue weighted by Gasteiger charge is 2.09. The van der Waals surface area contributed by atoms with E-state index in [0.29, 0.717) is 16.7 Å². The zero-order valence-electron chi connectivity index (χ0n) is 15.0. The summed E-state index contributed by atoms with van der Waals surface area (Å²) in [6, 6.07) is 24.1. The van der Waals surface area contributed by atoms with Crippen molar-refractivity contribution < 1.29 is 4.74 Å². The van der Waals surface area contributed by atoms with E-state index in [1.807, 2.05) is 36.4 Å². The monoisotopic (exact) mass is 421 g/mol. The third-order valence-electron chi connectivity index (χ3n) is 4.27. The first kappa shape index (κ1) is 21.6. The normalized spacial score (nSPS) is 11.5. The summed E-state index contributed by atoms with van der Waals surface area (Å²) in [5.41, 5.74) is 3.29. The van der Waals surface area contributed by atoms with Crippen molar-refractivity contribution in [3.05, 3.63) is 99.5 Å². The molecule has 0 aliphatic heterocycles. The number of rotatable bonds is 7. The van der Waals surface area contributed by atoms with Gasteiger partial charge in [0.05, 0.1) is 0 Å². The van der Waals surface area contributed by atoms with Crippen LogP contribution in [0, 0.1) is 0 Å². The molecule has 0 bridgehead atoms. The van der Waals surface area contributed by atoms with E-state index in [9.17, 15) is 0 Å². The molecule has 0 fully saturated rings. The molecular weight excluding hydrogens is 401 g/mol. The van der Waals surface area contributed by atoms with Gasteiger partial charge in [-0.25, -0.2) is 0 Å². The predicted molar refractivity (Wildman–Crippen MR) is 116 cm³/mol. The number of para-hydroxylation sites is 1. The fourth-order valence-corrected chi connectivity index (χ4v) is 3.17. The van der Waals surface area contributed by atoms with E-state index in [0.717, 1.165) is 23.4 Å². The van der Waals surface area contributed by atoms with Crippen LogP contribution in [0.4, 0.5) is 0 Å². The lowest BCUT2D eigenvalue weighted by atomic mass is 10.1. The molecule has 27 heavy (non-hydrogen) atoms. The van der Waals surface area contributed by atoms with Gasteiger partial charge < -0.3 is 10.1 Å². The van der Waals surface area contributed by atoms with Crippen LogP contribution in [0.3, 0.4) is 0 Å². The minimum Gasteiger partial charge on any atom is -0.489 e. The van der Waals surface area contributed by atoms with Crippen molar-refractivity contribution in [2.24, 2.45) is 0 Å². The van der Waals surface area contributed by atoms with Gasteiger partial charge in [0.25, 0.3) is 0 Å². The van der Waals surface area contributed by atoms with E-state index >= 15 is 0 Å². The quantitative estimate of drug-likeness (QED) is 0.450. The van der Waals surface area contributed by atoms with Gasteiger partial charge in [-0.15, -0.1) is 12.4 Å². The molecule has 0 radical (unpaired) electrons. The number of benzene rings is 3. The maximum absolute atomic E-state index is 6.23. The second-order valence-electron chi connectivity index (χ2n) is 6.15. The molecule has 3 rings (SSSR count). The highest BCUT2D eigenvalue weighted by atomic mass is 35.5. The fourth-order valence-electron chi connectivity index (χ4n) is 2.71. The van der Waals surface area contributed by atoms with Crippen LogP contribution in [0.15, 0.2) is 72.8 Å². The Morgan fingerprint density at radius 1 is 0.889 bits per heavy atom. The minimum atomic E-state index is 0. The van der Waals surface area contributed by atoms with Gasteiger partial charge in [-0.05, 0) is 30.7 Å². The fraction of sp³-hybridized carbons (Fsp3) is 0.182.